The van der Waals surface area contributed by atoms with Gasteiger partial charge in [-0.05, 0) is 47.1 Å². The molecule has 0 fully saturated rings. The summed E-state index contributed by atoms with van der Waals surface area (Å²) in [6, 6.07) is 28.6. The second-order valence-corrected chi connectivity index (χ2v) is 8.17. The zero-order chi connectivity index (χ0) is 22.1. The molecule has 5 aromatic rings. The molecule has 0 atom stereocenters. The van der Waals surface area contributed by atoms with Gasteiger partial charge in [0.25, 0.3) is 0 Å². The summed E-state index contributed by atoms with van der Waals surface area (Å²) in [5.41, 5.74) is 8.54. The second-order valence-electron chi connectivity index (χ2n) is 8.17. The Hall–Kier alpha value is -3.58. The Labute approximate surface area is 190 Å². The normalized spacial score (nSPS) is 12.5. The highest BCUT2D eigenvalue weighted by molar-refractivity contribution is 6.13. The second kappa shape index (κ2) is 8.51. The van der Waals surface area contributed by atoms with E-state index < -0.39 is 0 Å². The zero-order valence-corrected chi connectivity index (χ0v) is 19.0. The molecular formula is C31H28O. The van der Waals surface area contributed by atoms with Gasteiger partial charge < -0.3 is 4.42 Å². The Morgan fingerprint density at radius 3 is 2.03 bits per heavy atom. The van der Waals surface area contributed by atoms with E-state index in [1.165, 1.54) is 49.5 Å². The quantitative estimate of drug-likeness (QED) is 0.279. The third kappa shape index (κ3) is 3.44. The van der Waals surface area contributed by atoms with E-state index in [9.17, 15) is 0 Å². The first kappa shape index (κ1) is 20.3. The molecule has 0 saturated heterocycles. The molecule has 0 unspecified atom stereocenters. The van der Waals surface area contributed by atoms with Crippen LogP contribution in [0.4, 0.5) is 0 Å². The molecule has 1 nitrogen and oxygen atoms in total. The number of benzene rings is 4. The Bertz CT molecular complexity index is 1410. The molecule has 0 radical (unpaired) electrons. The molecule has 1 aromatic heterocycles. The van der Waals surface area contributed by atoms with Crippen LogP contribution < -0.4 is 0 Å². The molecule has 1 aliphatic carbocycles. The molecule has 0 spiro atoms. The number of hydrogen-bond acceptors (Lipinski definition) is 1. The van der Waals surface area contributed by atoms with E-state index in [1.54, 1.807) is 0 Å². The Morgan fingerprint density at radius 1 is 0.688 bits per heavy atom. The number of furan rings is 1. The highest BCUT2D eigenvalue weighted by Crippen LogP contribution is 2.40. The minimum Gasteiger partial charge on any atom is -0.460 e. The van der Waals surface area contributed by atoms with Crippen molar-refractivity contribution < 1.29 is 4.42 Å². The SMILES string of the molecule is CC.Cc1ccc(-c2ccc(-c3cc4c5c(oc4c4ccccc34)CCC=C5)cc2)cc1. The summed E-state index contributed by atoms with van der Waals surface area (Å²) in [4.78, 5) is 0. The molecule has 1 heterocycles. The predicted octanol–water partition coefficient (Wildman–Crippen LogP) is 9.21. The van der Waals surface area contributed by atoms with E-state index in [4.69, 9.17) is 4.42 Å². The van der Waals surface area contributed by atoms with Gasteiger partial charge in [0.15, 0.2) is 0 Å². The Kier molecular flexibility index (Phi) is 5.41. The minimum absolute atomic E-state index is 0.982. The maximum atomic E-state index is 6.33. The largest absolute Gasteiger partial charge is 0.460 e. The van der Waals surface area contributed by atoms with Crippen LogP contribution in [0.1, 0.15) is 37.2 Å². The number of hydrogen-bond donors (Lipinski definition) is 0. The van der Waals surface area contributed by atoms with Crippen molar-refractivity contribution in [3.05, 3.63) is 102 Å². The first-order valence-corrected chi connectivity index (χ1v) is 11.6. The van der Waals surface area contributed by atoms with Crippen molar-refractivity contribution in [2.45, 2.75) is 33.6 Å². The molecule has 0 aliphatic heterocycles. The van der Waals surface area contributed by atoms with E-state index in [0.29, 0.717) is 0 Å². The van der Waals surface area contributed by atoms with E-state index in [0.717, 1.165) is 24.2 Å². The van der Waals surface area contributed by atoms with Gasteiger partial charge in [0, 0.05) is 22.8 Å². The monoisotopic (exact) mass is 416 g/mol. The van der Waals surface area contributed by atoms with Crippen LogP contribution in [0, 0.1) is 6.92 Å². The van der Waals surface area contributed by atoms with Crippen LogP contribution >= 0.6 is 0 Å². The maximum absolute atomic E-state index is 6.33. The fourth-order valence-electron chi connectivity index (χ4n) is 4.60. The maximum Gasteiger partial charge on any atom is 0.142 e. The fourth-order valence-corrected chi connectivity index (χ4v) is 4.60. The minimum atomic E-state index is 0.982. The summed E-state index contributed by atoms with van der Waals surface area (Å²) < 4.78 is 6.33. The molecule has 0 saturated carbocycles. The molecule has 32 heavy (non-hydrogen) atoms. The molecule has 0 N–H and O–H groups in total. The number of allylic oxidation sites excluding steroid dienone is 1. The van der Waals surface area contributed by atoms with Gasteiger partial charge in [-0.2, -0.15) is 0 Å². The van der Waals surface area contributed by atoms with Gasteiger partial charge in [0.05, 0.1) is 0 Å². The molecular weight excluding hydrogens is 388 g/mol. The summed E-state index contributed by atoms with van der Waals surface area (Å²) >= 11 is 0. The first-order chi connectivity index (χ1) is 15.8. The van der Waals surface area contributed by atoms with Crippen molar-refractivity contribution in [2.24, 2.45) is 0 Å². The highest BCUT2D eigenvalue weighted by atomic mass is 16.3. The summed E-state index contributed by atoms with van der Waals surface area (Å²) in [6.45, 7) is 6.12. The third-order valence-corrected chi connectivity index (χ3v) is 6.21. The third-order valence-electron chi connectivity index (χ3n) is 6.21. The molecule has 6 rings (SSSR count). The summed E-state index contributed by atoms with van der Waals surface area (Å²) in [7, 11) is 0. The molecule has 1 heteroatoms. The lowest BCUT2D eigenvalue weighted by molar-refractivity contribution is 0.549. The molecule has 0 bridgehead atoms. The highest BCUT2D eigenvalue weighted by Gasteiger charge is 2.18. The van der Waals surface area contributed by atoms with Crippen LogP contribution in [-0.2, 0) is 6.42 Å². The van der Waals surface area contributed by atoms with E-state index in [2.05, 4.69) is 97.9 Å². The zero-order valence-electron chi connectivity index (χ0n) is 19.0. The van der Waals surface area contributed by atoms with Gasteiger partial charge in [0.2, 0.25) is 0 Å². The summed E-state index contributed by atoms with van der Waals surface area (Å²) in [5, 5.41) is 3.65. The number of rotatable bonds is 2. The number of aryl methyl sites for hydroxylation is 2. The van der Waals surface area contributed by atoms with Crippen molar-refractivity contribution in [2.75, 3.05) is 0 Å². The van der Waals surface area contributed by atoms with Crippen molar-refractivity contribution >= 4 is 27.8 Å². The van der Waals surface area contributed by atoms with Gasteiger partial charge in [-0.1, -0.05) is 104 Å². The molecule has 0 amide bonds. The van der Waals surface area contributed by atoms with Crippen LogP contribution in [0.2, 0.25) is 0 Å². The summed E-state index contributed by atoms with van der Waals surface area (Å²) in [6.07, 6.45) is 6.51. The van der Waals surface area contributed by atoms with Crippen LogP contribution in [0.5, 0.6) is 0 Å². The first-order valence-electron chi connectivity index (χ1n) is 11.6. The Balaban J connectivity index is 0.00000105. The van der Waals surface area contributed by atoms with Gasteiger partial charge in [0.1, 0.15) is 11.3 Å². The Morgan fingerprint density at radius 2 is 1.31 bits per heavy atom. The molecule has 1 aliphatic rings. The topological polar surface area (TPSA) is 13.1 Å². The van der Waals surface area contributed by atoms with Crippen molar-refractivity contribution in [1.29, 1.82) is 0 Å². The average molecular weight is 417 g/mol. The van der Waals surface area contributed by atoms with Crippen molar-refractivity contribution in [1.82, 2.24) is 0 Å². The number of fused-ring (bicyclic) bond motifs is 5. The van der Waals surface area contributed by atoms with Crippen LogP contribution in [-0.4, -0.2) is 0 Å². The lowest BCUT2D eigenvalue weighted by Gasteiger charge is -2.10. The lowest BCUT2D eigenvalue weighted by Crippen LogP contribution is -1.88. The standard InChI is InChI=1S/C29H22O.C2H6/c1-19-10-12-20(13-11-19)21-14-16-22(17-15-21)26-18-27-24-7-4-5-9-28(24)30-29(27)25-8-3-2-6-23(25)26;1-2/h2-4,6-8,10-18H,5,9H2,1H3;1-2H3. The van der Waals surface area contributed by atoms with E-state index >= 15 is 0 Å². The smallest absolute Gasteiger partial charge is 0.142 e. The fraction of sp³-hybridized carbons (Fsp3) is 0.161. The van der Waals surface area contributed by atoms with Crippen LogP contribution in [0.3, 0.4) is 0 Å². The molecule has 158 valence electrons. The van der Waals surface area contributed by atoms with Crippen LogP contribution in [0.25, 0.3) is 50.1 Å². The van der Waals surface area contributed by atoms with E-state index in [-0.39, 0.29) is 0 Å². The van der Waals surface area contributed by atoms with Gasteiger partial charge in [-0.25, -0.2) is 0 Å². The van der Waals surface area contributed by atoms with Gasteiger partial charge in [-0.3, -0.25) is 0 Å². The lowest BCUT2D eigenvalue weighted by atomic mass is 9.93. The van der Waals surface area contributed by atoms with E-state index in [1.807, 2.05) is 13.8 Å². The average Bonchev–Trinajstić information content (AvgIpc) is 3.24. The van der Waals surface area contributed by atoms with Gasteiger partial charge in [-0.15, -0.1) is 0 Å². The van der Waals surface area contributed by atoms with Crippen LogP contribution in [0.15, 0.2) is 89.4 Å². The summed E-state index contributed by atoms with van der Waals surface area (Å²) in [5.74, 6) is 1.12. The predicted molar refractivity (Wildman–Crippen MR) is 138 cm³/mol. The van der Waals surface area contributed by atoms with Gasteiger partial charge >= 0.3 is 0 Å². The van der Waals surface area contributed by atoms with Crippen molar-refractivity contribution in [3.63, 3.8) is 0 Å². The van der Waals surface area contributed by atoms with Crippen molar-refractivity contribution in [3.8, 4) is 22.3 Å². The molecule has 4 aromatic carbocycles.